The standard InChI is InChI=1S/C24H27NO4/c1-27-22-10-17-16(9-21(22)26)20-13-25-7-5-4-6-14(25)8-15(20)18-11-23(28-2)24(29-3)12-19(17)18/h9-12,14,26H,4-8,13H2,1-3H3. The molecule has 3 aromatic carbocycles. The van der Waals surface area contributed by atoms with Gasteiger partial charge in [0.1, 0.15) is 0 Å². The van der Waals surface area contributed by atoms with E-state index < -0.39 is 0 Å². The zero-order valence-electron chi connectivity index (χ0n) is 17.2. The molecule has 1 fully saturated rings. The molecule has 2 aliphatic heterocycles. The maximum absolute atomic E-state index is 10.5. The maximum Gasteiger partial charge on any atom is 0.161 e. The lowest BCUT2D eigenvalue weighted by Crippen LogP contribution is -2.43. The van der Waals surface area contributed by atoms with E-state index in [1.54, 1.807) is 21.3 Å². The largest absolute Gasteiger partial charge is 0.504 e. The van der Waals surface area contributed by atoms with Crippen LogP contribution in [0.5, 0.6) is 23.0 Å². The molecule has 0 bridgehead atoms. The van der Waals surface area contributed by atoms with Crippen LogP contribution in [0.3, 0.4) is 0 Å². The smallest absolute Gasteiger partial charge is 0.161 e. The van der Waals surface area contributed by atoms with Crippen LogP contribution in [0.25, 0.3) is 21.5 Å². The van der Waals surface area contributed by atoms with E-state index in [1.165, 1.54) is 35.8 Å². The number of aromatic hydroxyl groups is 1. The average molecular weight is 393 g/mol. The number of rotatable bonds is 3. The second-order valence-electron chi connectivity index (χ2n) is 8.10. The van der Waals surface area contributed by atoms with Crippen molar-refractivity contribution in [2.45, 2.75) is 38.3 Å². The predicted molar refractivity (Wildman–Crippen MR) is 115 cm³/mol. The Balaban J connectivity index is 1.88. The Morgan fingerprint density at radius 2 is 1.41 bits per heavy atom. The number of piperidine rings is 1. The highest BCUT2D eigenvalue weighted by atomic mass is 16.5. The van der Waals surface area contributed by atoms with Gasteiger partial charge in [-0.2, -0.15) is 0 Å². The molecule has 0 aliphatic carbocycles. The minimum atomic E-state index is 0.183. The normalized spacial score (nSPS) is 19.1. The predicted octanol–water partition coefficient (Wildman–Crippen LogP) is 4.64. The fraction of sp³-hybridized carbons (Fsp3) is 0.417. The van der Waals surface area contributed by atoms with Gasteiger partial charge in [-0.05, 0) is 82.7 Å². The molecular weight excluding hydrogens is 366 g/mol. The van der Waals surface area contributed by atoms with Crippen LogP contribution >= 0.6 is 0 Å². The summed E-state index contributed by atoms with van der Waals surface area (Å²) in [6, 6.07) is 8.58. The fourth-order valence-corrected chi connectivity index (χ4v) is 5.23. The van der Waals surface area contributed by atoms with E-state index in [0.29, 0.717) is 17.5 Å². The number of fused-ring (bicyclic) bond motifs is 7. The molecule has 0 saturated carbocycles. The maximum atomic E-state index is 10.5. The molecule has 5 heteroatoms. The van der Waals surface area contributed by atoms with Crippen LogP contribution < -0.4 is 14.2 Å². The number of phenols is 1. The van der Waals surface area contributed by atoms with Crippen molar-refractivity contribution < 1.29 is 19.3 Å². The van der Waals surface area contributed by atoms with E-state index in [1.807, 2.05) is 12.1 Å². The van der Waals surface area contributed by atoms with E-state index in [9.17, 15) is 5.11 Å². The van der Waals surface area contributed by atoms with Crippen molar-refractivity contribution in [1.82, 2.24) is 4.90 Å². The summed E-state index contributed by atoms with van der Waals surface area (Å²) >= 11 is 0. The first-order valence-corrected chi connectivity index (χ1v) is 10.3. The molecule has 5 rings (SSSR count). The van der Waals surface area contributed by atoms with Gasteiger partial charge in [-0.25, -0.2) is 0 Å². The summed E-state index contributed by atoms with van der Waals surface area (Å²) in [7, 11) is 4.93. The highest BCUT2D eigenvalue weighted by Gasteiger charge is 2.31. The lowest BCUT2D eigenvalue weighted by Gasteiger charge is -2.41. The topological polar surface area (TPSA) is 51.2 Å². The summed E-state index contributed by atoms with van der Waals surface area (Å²) in [5.74, 6) is 2.13. The molecule has 5 nitrogen and oxygen atoms in total. The van der Waals surface area contributed by atoms with Gasteiger partial charge < -0.3 is 19.3 Å². The van der Waals surface area contributed by atoms with Gasteiger partial charge in [-0.1, -0.05) is 6.42 Å². The number of methoxy groups -OCH3 is 3. The molecule has 1 unspecified atom stereocenters. The van der Waals surface area contributed by atoms with Gasteiger partial charge in [0.2, 0.25) is 0 Å². The summed E-state index contributed by atoms with van der Waals surface area (Å²) < 4.78 is 16.6. The van der Waals surface area contributed by atoms with Crippen molar-refractivity contribution in [2.24, 2.45) is 0 Å². The number of hydrogen-bond acceptors (Lipinski definition) is 5. The van der Waals surface area contributed by atoms with Crippen LogP contribution in [0.1, 0.15) is 30.4 Å². The SMILES string of the molecule is COc1cc2c(cc1O)c1c(c3cc(OC)c(OC)cc32)CC2CCCCN2C1. The second kappa shape index (κ2) is 6.99. The van der Waals surface area contributed by atoms with Gasteiger partial charge in [0.25, 0.3) is 0 Å². The molecule has 29 heavy (non-hydrogen) atoms. The van der Waals surface area contributed by atoms with Crippen molar-refractivity contribution >= 4 is 21.5 Å². The molecule has 0 amide bonds. The third-order valence-electron chi connectivity index (χ3n) is 6.70. The molecule has 2 heterocycles. The summed E-state index contributed by atoms with van der Waals surface area (Å²) in [4.78, 5) is 2.61. The van der Waals surface area contributed by atoms with Crippen molar-refractivity contribution in [1.29, 1.82) is 0 Å². The van der Waals surface area contributed by atoms with Crippen LogP contribution in [-0.4, -0.2) is 43.9 Å². The van der Waals surface area contributed by atoms with E-state index in [4.69, 9.17) is 14.2 Å². The molecule has 152 valence electrons. The number of nitrogens with zero attached hydrogens (tertiary/aromatic N) is 1. The van der Waals surface area contributed by atoms with E-state index in [-0.39, 0.29) is 5.75 Å². The molecule has 2 aliphatic rings. The van der Waals surface area contributed by atoms with Gasteiger partial charge in [0, 0.05) is 12.6 Å². The summed E-state index contributed by atoms with van der Waals surface area (Å²) in [5.41, 5.74) is 2.69. The van der Waals surface area contributed by atoms with Crippen LogP contribution in [0.2, 0.25) is 0 Å². The molecule has 0 aromatic heterocycles. The summed E-state index contributed by atoms with van der Waals surface area (Å²) in [6.07, 6.45) is 4.85. The Kier molecular flexibility index (Phi) is 4.43. The Labute approximate surface area is 170 Å². The van der Waals surface area contributed by atoms with Crippen LogP contribution in [-0.2, 0) is 13.0 Å². The minimum absolute atomic E-state index is 0.183. The van der Waals surface area contributed by atoms with Crippen molar-refractivity contribution in [3.8, 4) is 23.0 Å². The summed E-state index contributed by atoms with van der Waals surface area (Å²) in [5, 5.41) is 15.0. The summed E-state index contributed by atoms with van der Waals surface area (Å²) in [6.45, 7) is 2.07. The molecular formula is C24H27NO4. The van der Waals surface area contributed by atoms with Crippen LogP contribution in [0.15, 0.2) is 24.3 Å². The van der Waals surface area contributed by atoms with Crippen molar-refractivity contribution in [2.75, 3.05) is 27.9 Å². The van der Waals surface area contributed by atoms with Gasteiger partial charge in [0.15, 0.2) is 23.0 Å². The zero-order valence-corrected chi connectivity index (χ0v) is 17.2. The van der Waals surface area contributed by atoms with E-state index in [0.717, 1.165) is 41.4 Å². The van der Waals surface area contributed by atoms with Crippen LogP contribution in [0.4, 0.5) is 0 Å². The quantitative estimate of drug-likeness (QED) is 0.657. The second-order valence-corrected chi connectivity index (χ2v) is 8.10. The third kappa shape index (κ3) is 2.79. The Hall–Kier alpha value is -2.66. The average Bonchev–Trinajstić information content (AvgIpc) is 2.76. The fourth-order valence-electron chi connectivity index (χ4n) is 5.23. The van der Waals surface area contributed by atoms with Gasteiger partial charge >= 0.3 is 0 Å². The number of benzene rings is 3. The third-order valence-corrected chi connectivity index (χ3v) is 6.70. The number of hydrogen-bond donors (Lipinski definition) is 1. The highest BCUT2D eigenvalue weighted by molar-refractivity contribution is 6.12. The minimum Gasteiger partial charge on any atom is -0.504 e. The van der Waals surface area contributed by atoms with Gasteiger partial charge in [-0.3, -0.25) is 4.90 Å². The molecule has 3 aromatic rings. The molecule has 1 N–H and O–H groups in total. The Morgan fingerprint density at radius 1 is 0.793 bits per heavy atom. The van der Waals surface area contributed by atoms with Crippen LogP contribution in [0, 0.1) is 0 Å². The van der Waals surface area contributed by atoms with Crippen molar-refractivity contribution in [3.05, 3.63) is 35.4 Å². The molecule has 1 atom stereocenters. The molecule has 0 radical (unpaired) electrons. The lowest BCUT2D eigenvalue weighted by atomic mass is 9.82. The first-order valence-electron chi connectivity index (χ1n) is 10.3. The first-order chi connectivity index (χ1) is 14.1. The molecule has 0 spiro atoms. The Bertz CT molecular complexity index is 1110. The zero-order chi connectivity index (χ0) is 20.1. The lowest BCUT2D eigenvalue weighted by molar-refractivity contribution is 0.128. The Morgan fingerprint density at radius 3 is 2.10 bits per heavy atom. The van der Waals surface area contributed by atoms with Gasteiger partial charge in [-0.15, -0.1) is 0 Å². The number of phenolic OH excluding ortho intramolecular Hbond substituents is 1. The van der Waals surface area contributed by atoms with Gasteiger partial charge in [0.05, 0.1) is 21.3 Å². The van der Waals surface area contributed by atoms with E-state index in [2.05, 4.69) is 17.0 Å². The highest BCUT2D eigenvalue weighted by Crippen LogP contribution is 2.45. The first kappa shape index (κ1) is 18.4. The van der Waals surface area contributed by atoms with E-state index >= 15 is 0 Å². The van der Waals surface area contributed by atoms with Crippen molar-refractivity contribution in [3.63, 3.8) is 0 Å². The molecule has 1 saturated heterocycles. The number of ether oxygens (including phenoxy) is 3. The monoisotopic (exact) mass is 393 g/mol.